The Morgan fingerprint density at radius 2 is 1.70 bits per heavy atom. The molecule has 134 valence electrons. The summed E-state index contributed by atoms with van der Waals surface area (Å²) in [4.78, 5) is 21.4. The minimum Gasteiger partial charge on any atom is -0.323 e. The van der Waals surface area contributed by atoms with Gasteiger partial charge >= 0.3 is 0 Å². The zero-order valence-electron chi connectivity index (χ0n) is 15.2. The second-order valence-electron chi connectivity index (χ2n) is 6.13. The van der Waals surface area contributed by atoms with Crippen LogP contribution in [0.25, 0.3) is 0 Å². The summed E-state index contributed by atoms with van der Waals surface area (Å²) in [7, 11) is 0. The largest absolute Gasteiger partial charge is 0.323 e. The number of para-hydroxylation sites is 1. The Kier molecular flexibility index (Phi) is 5.43. The minimum absolute atomic E-state index is 0.240. The summed E-state index contributed by atoms with van der Waals surface area (Å²) < 4.78 is 0. The van der Waals surface area contributed by atoms with Gasteiger partial charge in [-0.2, -0.15) is 5.26 Å². The Morgan fingerprint density at radius 1 is 1.04 bits per heavy atom. The van der Waals surface area contributed by atoms with Crippen molar-refractivity contribution < 1.29 is 4.79 Å². The Morgan fingerprint density at radius 3 is 2.37 bits per heavy atom. The third-order valence-electron chi connectivity index (χ3n) is 3.90. The fraction of sp³-hybridized carbons (Fsp3) is 0.143. The Bertz CT molecular complexity index is 986. The van der Waals surface area contributed by atoms with Crippen LogP contribution in [0.2, 0.25) is 0 Å². The van der Waals surface area contributed by atoms with Gasteiger partial charge in [0.2, 0.25) is 5.95 Å². The standard InChI is InChI=1S/C21H19N5O/c1-14-13-15(2)24-21(23-14)26-19-6-4-3-5-18(19)20(27)25-17-9-7-16(8-10-17)11-12-22/h3-10,13H,11H2,1-2H3,(H,25,27)(H,23,24,26). The van der Waals surface area contributed by atoms with Crippen molar-refractivity contribution in [1.82, 2.24) is 9.97 Å². The van der Waals surface area contributed by atoms with Crippen LogP contribution >= 0.6 is 0 Å². The number of aromatic nitrogens is 2. The average molecular weight is 357 g/mol. The monoisotopic (exact) mass is 357 g/mol. The van der Waals surface area contributed by atoms with Crippen molar-refractivity contribution in [1.29, 1.82) is 5.26 Å². The first kappa shape index (κ1) is 18.1. The number of aryl methyl sites for hydroxylation is 2. The molecule has 6 nitrogen and oxygen atoms in total. The van der Waals surface area contributed by atoms with Crippen LogP contribution in [0.15, 0.2) is 54.6 Å². The highest BCUT2D eigenvalue weighted by molar-refractivity contribution is 6.08. The third kappa shape index (κ3) is 4.67. The number of nitriles is 1. The van der Waals surface area contributed by atoms with E-state index in [1.54, 1.807) is 24.3 Å². The molecule has 0 unspecified atom stereocenters. The summed E-state index contributed by atoms with van der Waals surface area (Å²) in [5.41, 5.74) is 4.39. The van der Waals surface area contributed by atoms with E-state index < -0.39 is 0 Å². The maximum absolute atomic E-state index is 12.7. The number of amides is 1. The Hall–Kier alpha value is -3.72. The number of benzene rings is 2. The molecule has 3 aromatic rings. The normalized spacial score (nSPS) is 10.1. The number of hydrogen-bond acceptors (Lipinski definition) is 5. The average Bonchev–Trinajstić information content (AvgIpc) is 2.63. The number of rotatable bonds is 5. The molecular formula is C21H19N5O. The molecule has 0 spiro atoms. The van der Waals surface area contributed by atoms with Gasteiger partial charge in [-0.25, -0.2) is 9.97 Å². The highest BCUT2D eigenvalue weighted by Crippen LogP contribution is 2.21. The molecule has 2 aromatic carbocycles. The molecule has 3 rings (SSSR count). The van der Waals surface area contributed by atoms with Crippen molar-refractivity contribution in [2.24, 2.45) is 0 Å². The number of carbonyl (C=O) groups is 1. The second-order valence-corrected chi connectivity index (χ2v) is 6.13. The van der Waals surface area contributed by atoms with Crippen LogP contribution in [0.5, 0.6) is 0 Å². The van der Waals surface area contributed by atoms with Crippen LogP contribution in [-0.2, 0) is 6.42 Å². The van der Waals surface area contributed by atoms with E-state index in [9.17, 15) is 4.79 Å². The summed E-state index contributed by atoms with van der Waals surface area (Å²) in [5, 5.41) is 14.7. The SMILES string of the molecule is Cc1cc(C)nc(Nc2ccccc2C(=O)Nc2ccc(CC#N)cc2)n1. The fourth-order valence-corrected chi connectivity index (χ4v) is 2.69. The third-order valence-corrected chi connectivity index (χ3v) is 3.90. The minimum atomic E-state index is -0.240. The van der Waals surface area contributed by atoms with Gasteiger partial charge in [0, 0.05) is 17.1 Å². The number of carbonyl (C=O) groups excluding carboxylic acids is 1. The van der Waals surface area contributed by atoms with Crippen LogP contribution in [-0.4, -0.2) is 15.9 Å². The molecular weight excluding hydrogens is 338 g/mol. The van der Waals surface area contributed by atoms with Crippen LogP contribution in [0.3, 0.4) is 0 Å². The lowest BCUT2D eigenvalue weighted by atomic mass is 10.1. The summed E-state index contributed by atoms with van der Waals surface area (Å²) >= 11 is 0. The maximum atomic E-state index is 12.7. The molecule has 0 radical (unpaired) electrons. The zero-order chi connectivity index (χ0) is 19.2. The molecule has 27 heavy (non-hydrogen) atoms. The predicted molar refractivity (Wildman–Crippen MR) is 105 cm³/mol. The van der Waals surface area contributed by atoms with Crippen molar-refractivity contribution in [2.75, 3.05) is 10.6 Å². The van der Waals surface area contributed by atoms with Gasteiger partial charge in [0.05, 0.1) is 23.7 Å². The first-order valence-electron chi connectivity index (χ1n) is 8.51. The van der Waals surface area contributed by atoms with E-state index in [2.05, 4.69) is 26.7 Å². The molecule has 0 saturated carbocycles. The molecule has 0 bridgehead atoms. The molecule has 2 N–H and O–H groups in total. The van der Waals surface area contributed by atoms with Crippen molar-refractivity contribution in [2.45, 2.75) is 20.3 Å². The van der Waals surface area contributed by atoms with Crippen molar-refractivity contribution in [3.8, 4) is 6.07 Å². The van der Waals surface area contributed by atoms with Crippen LogP contribution in [0.1, 0.15) is 27.3 Å². The quantitative estimate of drug-likeness (QED) is 0.715. The van der Waals surface area contributed by atoms with E-state index in [4.69, 9.17) is 5.26 Å². The highest BCUT2D eigenvalue weighted by atomic mass is 16.1. The lowest BCUT2D eigenvalue weighted by Gasteiger charge is -2.12. The van der Waals surface area contributed by atoms with Gasteiger partial charge in [-0.15, -0.1) is 0 Å². The molecule has 6 heteroatoms. The molecule has 0 aliphatic heterocycles. The van der Waals surface area contributed by atoms with E-state index in [-0.39, 0.29) is 5.91 Å². The maximum Gasteiger partial charge on any atom is 0.257 e. The van der Waals surface area contributed by atoms with Gasteiger partial charge in [-0.1, -0.05) is 24.3 Å². The molecule has 0 aliphatic rings. The molecule has 0 aliphatic carbocycles. The Labute approximate surface area is 157 Å². The second kappa shape index (κ2) is 8.11. The lowest BCUT2D eigenvalue weighted by molar-refractivity contribution is 0.102. The number of hydrogen-bond donors (Lipinski definition) is 2. The number of nitrogens with one attached hydrogen (secondary N) is 2. The first-order chi connectivity index (χ1) is 13.0. The fourth-order valence-electron chi connectivity index (χ4n) is 2.69. The predicted octanol–water partition coefficient (Wildman–Crippen LogP) is 4.16. The summed E-state index contributed by atoms with van der Waals surface area (Å²) in [6.45, 7) is 3.79. The van der Waals surface area contributed by atoms with Gasteiger partial charge in [-0.3, -0.25) is 4.79 Å². The Balaban J connectivity index is 1.80. The molecule has 0 atom stereocenters. The highest BCUT2D eigenvalue weighted by Gasteiger charge is 2.12. The van der Waals surface area contributed by atoms with Crippen molar-refractivity contribution in [3.63, 3.8) is 0 Å². The van der Waals surface area contributed by atoms with Crippen molar-refractivity contribution >= 4 is 23.2 Å². The molecule has 1 heterocycles. The van der Waals surface area contributed by atoms with Gasteiger partial charge in [-0.05, 0) is 49.7 Å². The summed E-state index contributed by atoms with van der Waals surface area (Å²) in [5.74, 6) is 0.212. The lowest BCUT2D eigenvalue weighted by Crippen LogP contribution is -2.14. The van der Waals surface area contributed by atoms with Crippen molar-refractivity contribution in [3.05, 3.63) is 77.1 Å². The van der Waals surface area contributed by atoms with E-state index >= 15 is 0 Å². The van der Waals surface area contributed by atoms with E-state index in [0.29, 0.717) is 29.3 Å². The molecule has 1 aromatic heterocycles. The molecule has 0 fully saturated rings. The van der Waals surface area contributed by atoms with Gasteiger partial charge < -0.3 is 10.6 Å². The van der Waals surface area contributed by atoms with Gasteiger partial charge in [0.1, 0.15) is 0 Å². The number of nitrogens with zero attached hydrogens (tertiary/aromatic N) is 3. The molecule has 0 saturated heterocycles. The summed E-state index contributed by atoms with van der Waals surface area (Å²) in [6.07, 6.45) is 0.344. The van der Waals surface area contributed by atoms with Crippen LogP contribution < -0.4 is 10.6 Å². The topological polar surface area (TPSA) is 90.7 Å². The first-order valence-corrected chi connectivity index (χ1v) is 8.51. The molecule has 1 amide bonds. The van der Waals surface area contributed by atoms with E-state index in [0.717, 1.165) is 17.0 Å². The van der Waals surface area contributed by atoms with Gasteiger partial charge in [0.15, 0.2) is 0 Å². The summed E-state index contributed by atoms with van der Waals surface area (Å²) in [6, 6.07) is 18.4. The van der Waals surface area contributed by atoms with Gasteiger partial charge in [0.25, 0.3) is 5.91 Å². The zero-order valence-corrected chi connectivity index (χ0v) is 15.2. The van der Waals surface area contributed by atoms with Crippen LogP contribution in [0.4, 0.5) is 17.3 Å². The van der Waals surface area contributed by atoms with E-state index in [1.165, 1.54) is 0 Å². The van der Waals surface area contributed by atoms with Crippen LogP contribution in [0, 0.1) is 25.2 Å². The smallest absolute Gasteiger partial charge is 0.257 e. The van der Waals surface area contributed by atoms with E-state index in [1.807, 2.05) is 44.2 Å². The number of anilines is 3.